The fourth-order valence-corrected chi connectivity index (χ4v) is 2.56. The monoisotopic (exact) mass is 289 g/mol. The molecule has 0 spiro atoms. The second kappa shape index (κ2) is 5.26. The minimum atomic E-state index is -0.819. The number of benzene rings is 2. The largest absolute Gasteiger partial charge is 0.388 e. The van der Waals surface area contributed by atoms with Crippen molar-refractivity contribution in [2.75, 3.05) is 11.4 Å². The number of fused-ring (bicyclic) bond motifs is 1. The van der Waals surface area contributed by atoms with Crippen molar-refractivity contribution in [2.45, 2.75) is 12.5 Å². The first kappa shape index (κ1) is 13.7. The Bertz CT molecular complexity index is 702. The zero-order chi connectivity index (χ0) is 15.0. The molecule has 0 fully saturated rings. The molecule has 0 aliphatic carbocycles. The number of carbonyl (C=O) groups is 1. The molecule has 1 unspecified atom stereocenters. The van der Waals surface area contributed by atoms with E-state index in [0.717, 1.165) is 0 Å². The van der Waals surface area contributed by atoms with Gasteiger partial charge in [0.15, 0.2) is 0 Å². The molecule has 2 aromatic rings. The number of anilines is 1. The third kappa shape index (κ3) is 2.40. The molecule has 1 N–H and O–H groups in total. The summed E-state index contributed by atoms with van der Waals surface area (Å²) in [5.41, 5.74) is 0.735. The maximum absolute atomic E-state index is 13.8. The van der Waals surface area contributed by atoms with Crippen LogP contribution in [0.4, 0.5) is 14.5 Å². The normalized spacial score (nSPS) is 17.5. The number of nitrogens with zero attached hydrogens (tertiary/aromatic N) is 1. The van der Waals surface area contributed by atoms with Crippen LogP contribution < -0.4 is 4.90 Å². The Kier molecular flexibility index (Phi) is 3.43. The summed E-state index contributed by atoms with van der Waals surface area (Å²) in [5.74, 6) is -1.57. The molecule has 2 aromatic carbocycles. The molecular weight excluding hydrogens is 276 g/mol. The topological polar surface area (TPSA) is 40.5 Å². The zero-order valence-electron chi connectivity index (χ0n) is 11.1. The van der Waals surface area contributed by atoms with Crippen molar-refractivity contribution in [1.29, 1.82) is 0 Å². The van der Waals surface area contributed by atoms with Gasteiger partial charge in [0.2, 0.25) is 0 Å². The minimum absolute atomic E-state index is 0.0378. The van der Waals surface area contributed by atoms with Gasteiger partial charge < -0.3 is 10.0 Å². The number of carbonyl (C=O) groups excluding carboxylic acids is 1. The highest BCUT2D eigenvalue weighted by atomic mass is 19.1. The van der Waals surface area contributed by atoms with E-state index in [4.69, 9.17) is 0 Å². The number of hydrogen-bond acceptors (Lipinski definition) is 2. The van der Waals surface area contributed by atoms with Gasteiger partial charge in [-0.2, -0.15) is 0 Å². The average molecular weight is 289 g/mol. The van der Waals surface area contributed by atoms with Gasteiger partial charge in [-0.25, -0.2) is 8.78 Å². The van der Waals surface area contributed by atoms with E-state index < -0.39 is 23.6 Å². The molecular formula is C16H13F2NO2. The summed E-state index contributed by atoms with van der Waals surface area (Å²) in [6.07, 6.45) is -0.531. The Morgan fingerprint density at radius 1 is 1.19 bits per heavy atom. The van der Waals surface area contributed by atoms with Crippen LogP contribution >= 0.6 is 0 Å². The van der Waals surface area contributed by atoms with Crippen LogP contribution in [0.1, 0.15) is 28.4 Å². The van der Waals surface area contributed by atoms with E-state index in [-0.39, 0.29) is 18.5 Å². The Balaban J connectivity index is 2.03. The number of halogens is 2. The predicted molar refractivity (Wildman–Crippen MR) is 74.1 cm³/mol. The standard InChI is InChI=1S/C16H13F2NO2/c17-10-5-6-14-12(9-10)15(20)7-8-19(14)16(21)11-3-1-2-4-13(11)18/h1-6,9,15,20H,7-8H2. The first-order valence-corrected chi connectivity index (χ1v) is 6.62. The van der Waals surface area contributed by atoms with Gasteiger partial charge >= 0.3 is 0 Å². The van der Waals surface area contributed by atoms with E-state index in [1.54, 1.807) is 6.07 Å². The van der Waals surface area contributed by atoms with Crippen molar-refractivity contribution in [3.8, 4) is 0 Å². The Morgan fingerprint density at radius 2 is 1.95 bits per heavy atom. The van der Waals surface area contributed by atoms with Crippen molar-refractivity contribution in [2.24, 2.45) is 0 Å². The molecule has 1 heterocycles. The Labute approximate surface area is 120 Å². The molecule has 5 heteroatoms. The van der Waals surface area contributed by atoms with E-state index >= 15 is 0 Å². The van der Waals surface area contributed by atoms with E-state index in [2.05, 4.69) is 0 Å². The molecule has 1 aliphatic heterocycles. The lowest BCUT2D eigenvalue weighted by molar-refractivity contribution is 0.0966. The quantitative estimate of drug-likeness (QED) is 0.876. The molecule has 1 aliphatic rings. The summed E-state index contributed by atoms with van der Waals surface area (Å²) in [7, 11) is 0. The maximum Gasteiger partial charge on any atom is 0.261 e. The van der Waals surface area contributed by atoms with Crippen molar-refractivity contribution in [3.05, 3.63) is 65.2 Å². The van der Waals surface area contributed by atoms with Gasteiger partial charge in [-0.1, -0.05) is 12.1 Å². The Morgan fingerprint density at radius 3 is 2.71 bits per heavy atom. The van der Waals surface area contributed by atoms with Crippen LogP contribution in [0, 0.1) is 11.6 Å². The number of hydrogen-bond donors (Lipinski definition) is 1. The second-order valence-corrected chi connectivity index (χ2v) is 4.94. The van der Waals surface area contributed by atoms with Gasteiger partial charge in [0.1, 0.15) is 11.6 Å². The maximum atomic E-state index is 13.8. The van der Waals surface area contributed by atoms with Crippen molar-refractivity contribution >= 4 is 11.6 Å². The fourth-order valence-electron chi connectivity index (χ4n) is 2.56. The number of rotatable bonds is 1. The minimum Gasteiger partial charge on any atom is -0.388 e. The lowest BCUT2D eigenvalue weighted by atomic mass is 9.98. The highest BCUT2D eigenvalue weighted by molar-refractivity contribution is 6.07. The van der Waals surface area contributed by atoms with Crippen LogP contribution in [0.3, 0.4) is 0 Å². The van der Waals surface area contributed by atoms with Gasteiger partial charge in [-0.05, 0) is 36.8 Å². The number of amides is 1. The van der Waals surface area contributed by atoms with Crippen LogP contribution in [0.15, 0.2) is 42.5 Å². The summed E-state index contributed by atoms with van der Waals surface area (Å²) in [6.45, 7) is 0.257. The number of aliphatic hydroxyl groups excluding tert-OH is 1. The predicted octanol–water partition coefficient (Wildman–Crippen LogP) is 3.05. The Hall–Kier alpha value is -2.27. The first-order chi connectivity index (χ1) is 10.1. The first-order valence-electron chi connectivity index (χ1n) is 6.62. The molecule has 0 aromatic heterocycles. The smallest absolute Gasteiger partial charge is 0.261 e. The van der Waals surface area contributed by atoms with Gasteiger partial charge in [0, 0.05) is 17.8 Å². The van der Waals surface area contributed by atoms with E-state index in [1.807, 2.05) is 0 Å². The van der Waals surface area contributed by atoms with Crippen LogP contribution in [-0.4, -0.2) is 17.6 Å². The molecule has 0 saturated carbocycles. The van der Waals surface area contributed by atoms with Crippen LogP contribution in [0.25, 0.3) is 0 Å². The summed E-state index contributed by atoms with van der Waals surface area (Å²) < 4.78 is 27.1. The van der Waals surface area contributed by atoms with Crippen LogP contribution in [-0.2, 0) is 0 Å². The molecule has 3 nitrogen and oxygen atoms in total. The van der Waals surface area contributed by atoms with Crippen molar-refractivity contribution in [3.63, 3.8) is 0 Å². The van der Waals surface area contributed by atoms with Gasteiger partial charge in [-0.3, -0.25) is 4.79 Å². The van der Waals surface area contributed by atoms with Crippen LogP contribution in [0.2, 0.25) is 0 Å². The lowest BCUT2D eigenvalue weighted by Crippen LogP contribution is -2.37. The highest BCUT2D eigenvalue weighted by Crippen LogP contribution is 2.35. The SMILES string of the molecule is O=C(c1ccccc1F)N1CCC(O)c2cc(F)ccc21. The van der Waals surface area contributed by atoms with Gasteiger partial charge in [0.05, 0.1) is 11.7 Å². The van der Waals surface area contributed by atoms with Gasteiger partial charge in [-0.15, -0.1) is 0 Å². The average Bonchev–Trinajstić information content (AvgIpc) is 2.48. The molecule has 108 valence electrons. The van der Waals surface area contributed by atoms with E-state index in [9.17, 15) is 18.7 Å². The van der Waals surface area contributed by atoms with Crippen LogP contribution in [0.5, 0.6) is 0 Å². The van der Waals surface area contributed by atoms with Gasteiger partial charge in [0.25, 0.3) is 5.91 Å². The molecule has 3 rings (SSSR count). The fraction of sp³-hybridized carbons (Fsp3) is 0.188. The molecule has 0 saturated heterocycles. The summed E-state index contributed by atoms with van der Waals surface area (Å²) in [6, 6.07) is 9.59. The summed E-state index contributed by atoms with van der Waals surface area (Å²) in [4.78, 5) is 13.9. The highest BCUT2D eigenvalue weighted by Gasteiger charge is 2.29. The third-order valence-electron chi connectivity index (χ3n) is 3.61. The number of aliphatic hydroxyl groups is 1. The molecule has 21 heavy (non-hydrogen) atoms. The molecule has 1 amide bonds. The van der Waals surface area contributed by atoms with E-state index in [1.165, 1.54) is 41.3 Å². The van der Waals surface area contributed by atoms with E-state index in [0.29, 0.717) is 11.3 Å². The zero-order valence-corrected chi connectivity index (χ0v) is 11.1. The summed E-state index contributed by atoms with van der Waals surface area (Å²) >= 11 is 0. The van der Waals surface area contributed by atoms with Crippen molar-refractivity contribution < 1.29 is 18.7 Å². The lowest BCUT2D eigenvalue weighted by Gasteiger charge is -2.32. The third-order valence-corrected chi connectivity index (χ3v) is 3.61. The molecule has 0 bridgehead atoms. The summed E-state index contributed by atoms with van der Waals surface area (Å²) in [5, 5.41) is 9.93. The van der Waals surface area contributed by atoms with Crippen molar-refractivity contribution in [1.82, 2.24) is 0 Å². The second-order valence-electron chi connectivity index (χ2n) is 4.94. The molecule has 0 radical (unpaired) electrons. The molecule has 1 atom stereocenters.